The number of nitrogens with two attached hydrogens (primary N) is 1. The van der Waals surface area contributed by atoms with Crippen LogP contribution < -0.4 is 10.5 Å². The molecule has 0 amide bonds. The van der Waals surface area contributed by atoms with Gasteiger partial charge in [-0.05, 0) is 25.1 Å². The van der Waals surface area contributed by atoms with Gasteiger partial charge in [-0.2, -0.15) is 0 Å². The van der Waals surface area contributed by atoms with Crippen LogP contribution >= 0.6 is 23.2 Å². The van der Waals surface area contributed by atoms with Crippen LogP contribution in [0, 0.1) is 0 Å². The van der Waals surface area contributed by atoms with Gasteiger partial charge in [0.05, 0.1) is 0 Å². The molecule has 5 heteroatoms. The molecule has 1 aliphatic carbocycles. The summed E-state index contributed by atoms with van der Waals surface area (Å²) >= 11 is 11.8. The topological polar surface area (TPSA) is 44.5 Å². The first-order chi connectivity index (χ1) is 8.10. The number of hydrogen-bond donors (Lipinski definition) is 1. The Bertz CT molecular complexity index is 380. The molecule has 3 atom stereocenters. The maximum Gasteiger partial charge on any atom is 0.128 e. The summed E-state index contributed by atoms with van der Waals surface area (Å²) in [6.07, 6.45) is 0.728. The van der Waals surface area contributed by atoms with Crippen molar-refractivity contribution < 1.29 is 9.47 Å². The van der Waals surface area contributed by atoms with Crippen molar-refractivity contribution in [1.29, 1.82) is 0 Å². The normalized spacial score (nSPS) is 27.6. The van der Waals surface area contributed by atoms with Gasteiger partial charge in [-0.3, -0.25) is 0 Å². The largest absolute Gasteiger partial charge is 0.487 e. The molecule has 2 rings (SSSR count). The van der Waals surface area contributed by atoms with Crippen LogP contribution in [0.25, 0.3) is 0 Å². The van der Waals surface area contributed by atoms with Gasteiger partial charge in [-0.15, -0.1) is 0 Å². The molecule has 0 spiro atoms. The second-order valence-electron chi connectivity index (χ2n) is 4.08. The number of rotatable bonds is 4. The van der Waals surface area contributed by atoms with E-state index in [2.05, 4.69) is 0 Å². The molecule has 0 saturated heterocycles. The number of halogens is 2. The van der Waals surface area contributed by atoms with Crippen LogP contribution in [0.5, 0.6) is 5.75 Å². The minimum absolute atomic E-state index is 0.0144. The summed E-state index contributed by atoms with van der Waals surface area (Å²) in [6.45, 7) is 2.58. The molecule has 17 heavy (non-hydrogen) atoms. The lowest BCUT2D eigenvalue weighted by Crippen LogP contribution is -2.59. The maximum absolute atomic E-state index is 5.90. The molecule has 94 valence electrons. The second-order valence-corrected chi connectivity index (χ2v) is 4.95. The first-order valence-electron chi connectivity index (χ1n) is 5.60. The van der Waals surface area contributed by atoms with E-state index < -0.39 is 0 Å². The molecule has 0 heterocycles. The fraction of sp³-hybridized carbons (Fsp3) is 0.500. The minimum Gasteiger partial charge on any atom is -0.487 e. The Morgan fingerprint density at radius 1 is 1.29 bits per heavy atom. The summed E-state index contributed by atoms with van der Waals surface area (Å²) in [6, 6.07) is 5.19. The van der Waals surface area contributed by atoms with Crippen LogP contribution in [0.3, 0.4) is 0 Å². The lowest BCUT2D eigenvalue weighted by Gasteiger charge is -2.41. The Labute approximate surface area is 111 Å². The van der Waals surface area contributed by atoms with Crippen molar-refractivity contribution >= 4 is 23.2 Å². The van der Waals surface area contributed by atoms with Crippen molar-refractivity contribution in [2.75, 3.05) is 6.61 Å². The zero-order chi connectivity index (χ0) is 12.4. The van der Waals surface area contributed by atoms with Gasteiger partial charge in [-0.1, -0.05) is 23.2 Å². The fourth-order valence-electron chi connectivity index (χ4n) is 1.93. The summed E-state index contributed by atoms with van der Waals surface area (Å²) in [4.78, 5) is 0. The Kier molecular flexibility index (Phi) is 4.15. The fourth-order valence-corrected chi connectivity index (χ4v) is 2.43. The van der Waals surface area contributed by atoms with Gasteiger partial charge >= 0.3 is 0 Å². The molecular weight excluding hydrogens is 261 g/mol. The van der Waals surface area contributed by atoms with Crippen LogP contribution in [0.4, 0.5) is 0 Å². The third-order valence-corrected chi connectivity index (χ3v) is 3.21. The molecular formula is C12H15Cl2NO2. The number of ether oxygens (including phenoxy) is 2. The van der Waals surface area contributed by atoms with Crippen LogP contribution in [0.1, 0.15) is 13.3 Å². The molecule has 3 nitrogen and oxygen atoms in total. The van der Waals surface area contributed by atoms with Gasteiger partial charge in [0.25, 0.3) is 0 Å². The Hall–Kier alpha value is -0.480. The third-order valence-electron chi connectivity index (χ3n) is 2.78. The Balaban J connectivity index is 2.01. The Morgan fingerprint density at radius 2 is 1.94 bits per heavy atom. The average Bonchev–Trinajstić information content (AvgIpc) is 2.24. The van der Waals surface area contributed by atoms with Crippen molar-refractivity contribution in [2.45, 2.75) is 31.6 Å². The van der Waals surface area contributed by atoms with E-state index in [0.29, 0.717) is 22.4 Å². The second kappa shape index (κ2) is 5.44. The van der Waals surface area contributed by atoms with Gasteiger partial charge in [0, 0.05) is 29.1 Å². The van der Waals surface area contributed by atoms with Crippen LogP contribution in [0.15, 0.2) is 18.2 Å². The quantitative estimate of drug-likeness (QED) is 0.919. The molecule has 3 unspecified atom stereocenters. The monoisotopic (exact) mass is 275 g/mol. The highest BCUT2D eigenvalue weighted by atomic mass is 35.5. The summed E-state index contributed by atoms with van der Waals surface area (Å²) in [5.74, 6) is 0.657. The molecule has 0 bridgehead atoms. The lowest BCUT2D eigenvalue weighted by molar-refractivity contribution is -0.0945. The van der Waals surface area contributed by atoms with Crippen molar-refractivity contribution in [3.63, 3.8) is 0 Å². The van der Waals surface area contributed by atoms with Gasteiger partial charge in [-0.25, -0.2) is 0 Å². The predicted molar refractivity (Wildman–Crippen MR) is 68.9 cm³/mol. The average molecular weight is 276 g/mol. The molecule has 0 aliphatic heterocycles. The number of benzene rings is 1. The van der Waals surface area contributed by atoms with E-state index in [1.807, 2.05) is 6.92 Å². The first-order valence-corrected chi connectivity index (χ1v) is 6.35. The Morgan fingerprint density at radius 3 is 2.47 bits per heavy atom. The highest BCUT2D eigenvalue weighted by Crippen LogP contribution is 2.30. The van der Waals surface area contributed by atoms with Crippen molar-refractivity contribution in [3.05, 3.63) is 28.2 Å². The minimum atomic E-state index is -0.0437. The smallest absolute Gasteiger partial charge is 0.128 e. The summed E-state index contributed by atoms with van der Waals surface area (Å²) in [5, 5.41) is 1.12. The number of hydrogen-bond acceptors (Lipinski definition) is 3. The van der Waals surface area contributed by atoms with Crippen LogP contribution in [-0.2, 0) is 4.74 Å². The standard InChI is InChI=1S/C12H15Cl2NO2/c1-2-16-12-10(15)6-11(12)17-9-4-7(13)3-8(14)5-9/h3-5,10-12H,2,6,15H2,1H3. The lowest BCUT2D eigenvalue weighted by atomic mass is 9.86. The molecule has 2 N–H and O–H groups in total. The zero-order valence-electron chi connectivity index (χ0n) is 9.53. The van der Waals surface area contributed by atoms with Gasteiger partial charge < -0.3 is 15.2 Å². The molecule has 0 aromatic heterocycles. The molecule has 1 fully saturated rings. The molecule has 0 radical (unpaired) electrons. The van der Waals surface area contributed by atoms with E-state index >= 15 is 0 Å². The predicted octanol–water partition coefficient (Wildman–Crippen LogP) is 2.88. The van der Waals surface area contributed by atoms with Gasteiger partial charge in [0.15, 0.2) is 0 Å². The van der Waals surface area contributed by atoms with E-state index in [1.54, 1.807) is 18.2 Å². The molecule has 1 aliphatic rings. The van der Waals surface area contributed by atoms with E-state index in [9.17, 15) is 0 Å². The zero-order valence-corrected chi connectivity index (χ0v) is 11.0. The summed E-state index contributed by atoms with van der Waals surface area (Å²) < 4.78 is 11.3. The van der Waals surface area contributed by atoms with Crippen LogP contribution in [0.2, 0.25) is 10.0 Å². The SMILES string of the molecule is CCOC1C(N)CC1Oc1cc(Cl)cc(Cl)c1. The van der Waals surface area contributed by atoms with Gasteiger partial charge in [0.1, 0.15) is 18.0 Å². The van der Waals surface area contributed by atoms with Crippen molar-refractivity contribution in [2.24, 2.45) is 5.73 Å². The van der Waals surface area contributed by atoms with E-state index in [1.165, 1.54) is 0 Å². The summed E-state index contributed by atoms with van der Waals surface area (Å²) in [7, 11) is 0. The first kappa shape index (κ1) is 13.0. The molecule has 1 saturated carbocycles. The van der Waals surface area contributed by atoms with E-state index in [-0.39, 0.29) is 18.2 Å². The summed E-state index contributed by atoms with van der Waals surface area (Å²) in [5.41, 5.74) is 5.86. The maximum atomic E-state index is 5.90. The van der Waals surface area contributed by atoms with Crippen molar-refractivity contribution in [1.82, 2.24) is 0 Å². The highest BCUT2D eigenvalue weighted by molar-refractivity contribution is 6.34. The van der Waals surface area contributed by atoms with E-state index in [0.717, 1.165) is 6.42 Å². The van der Waals surface area contributed by atoms with Crippen molar-refractivity contribution in [3.8, 4) is 5.75 Å². The molecule has 1 aromatic carbocycles. The molecule has 1 aromatic rings. The van der Waals surface area contributed by atoms with Crippen LogP contribution in [-0.4, -0.2) is 24.9 Å². The highest BCUT2D eigenvalue weighted by Gasteiger charge is 2.41. The third kappa shape index (κ3) is 3.05. The van der Waals surface area contributed by atoms with E-state index in [4.69, 9.17) is 38.4 Å². The van der Waals surface area contributed by atoms with Gasteiger partial charge in [0.2, 0.25) is 0 Å².